The Labute approximate surface area is 156 Å². The summed E-state index contributed by atoms with van der Waals surface area (Å²) < 4.78 is 5.60. The summed E-state index contributed by atoms with van der Waals surface area (Å²) in [5.74, 6) is 2.09. The molecule has 5 heteroatoms. The second-order valence-corrected chi connectivity index (χ2v) is 7.57. The van der Waals surface area contributed by atoms with Crippen LogP contribution in [0.5, 0.6) is 5.75 Å². The zero-order valence-electron chi connectivity index (χ0n) is 14.8. The molecule has 0 spiro atoms. The van der Waals surface area contributed by atoms with E-state index < -0.39 is 0 Å². The number of ether oxygens (including phenoxy) is 1. The monoisotopic (exact) mass is 364 g/mol. The third-order valence-corrected chi connectivity index (χ3v) is 5.60. The van der Waals surface area contributed by atoms with Crippen molar-refractivity contribution in [2.24, 2.45) is 5.92 Å². The van der Waals surface area contributed by atoms with Crippen molar-refractivity contribution in [2.75, 3.05) is 19.7 Å². The summed E-state index contributed by atoms with van der Waals surface area (Å²) in [4.78, 5) is 14.9. The van der Waals surface area contributed by atoms with Crippen LogP contribution in [0.25, 0.3) is 0 Å². The average molecular weight is 365 g/mol. The molecule has 0 aromatic heterocycles. The molecule has 1 heterocycles. The summed E-state index contributed by atoms with van der Waals surface area (Å²) in [5, 5.41) is 3.37. The van der Waals surface area contributed by atoms with Gasteiger partial charge in [-0.15, -0.1) is 12.4 Å². The summed E-state index contributed by atoms with van der Waals surface area (Å²) in [6.45, 7) is 3.01. The molecule has 1 N–H and O–H groups in total. The van der Waals surface area contributed by atoms with E-state index in [9.17, 15) is 4.79 Å². The molecule has 4 nitrogen and oxygen atoms in total. The fraction of sp³-hybridized carbons (Fsp3) is 0.650. The van der Waals surface area contributed by atoms with E-state index in [2.05, 4.69) is 28.4 Å². The van der Waals surface area contributed by atoms with Crippen molar-refractivity contribution in [1.29, 1.82) is 0 Å². The molecule has 3 aliphatic rings. The van der Waals surface area contributed by atoms with Gasteiger partial charge in [0.25, 0.3) is 0 Å². The maximum atomic E-state index is 12.8. The van der Waals surface area contributed by atoms with Gasteiger partial charge in [0, 0.05) is 19.0 Å². The molecule has 138 valence electrons. The Kier molecular flexibility index (Phi) is 6.24. The van der Waals surface area contributed by atoms with Gasteiger partial charge in [-0.25, -0.2) is 0 Å². The highest BCUT2D eigenvalue weighted by Gasteiger charge is 2.27. The van der Waals surface area contributed by atoms with Gasteiger partial charge >= 0.3 is 0 Å². The number of carbonyl (C=O) groups excluding carboxylic acids is 1. The van der Waals surface area contributed by atoms with E-state index in [1.165, 1.54) is 36.8 Å². The molecule has 2 aliphatic carbocycles. The third kappa shape index (κ3) is 4.68. The van der Waals surface area contributed by atoms with Gasteiger partial charge in [-0.1, -0.05) is 25.0 Å². The Morgan fingerprint density at radius 3 is 2.76 bits per heavy atom. The standard InChI is InChI=1S/C20H28N2O2.ClH/c23-20(13-21-12-15-5-6-15)22(18-3-1-2-4-18)14-16-7-8-19-17(11-16)9-10-24-19;/h7-8,11,15,18,21H,1-6,9-10,12-14H2;1H. The first-order valence-electron chi connectivity index (χ1n) is 9.54. The fourth-order valence-corrected chi connectivity index (χ4v) is 3.98. The molecule has 1 aromatic rings. The van der Waals surface area contributed by atoms with Gasteiger partial charge in [-0.05, 0) is 55.3 Å². The predicted molar refractivity (Wildman–Crippen MR) is 101 cm³/mol. The maximum Gasteiger partial charge on any atom is 0.237 e. The van der Waals surface area contributed by atoms with Crippen molar-refractivity contribution in [3.05, 3.63) is 29.3 Å². The van der Waals surface area contributed by atoms with Gasteiger partial charge in [-0.3, -0.25) is 4.79 Å². The zero-order valence-corrected chi connectivity index (χ0v) is 15.7. The number of carbonyl (C=O) groups is 1. The van der Waals surface area contributed by atoms with Gasteiger partial charge in [0.1, 0.15) is 5.75 Å². The van der Waals surface area contributed by atoms with Crippen LogP contribution < -0.4 is 10.1 Å². The molecule has 0 radical (unpaired) electrons. The molecular formula is C20H29ClN2O2. The summed E-state index contributed by atoms with van der Waals surface area (Å²) in [5.41, 5.74) is 2.53. The lowest BCUT2D eigenvalue weighted by atomic mass is 10.1. The molecule has 1 amide bonds. The van der Waals surface area contributed by atoms with Crippen molar-refractivity contribution >= 4 is 18.3 Å². The number of hydrogen-bond donors (Lipinski definition) is 1. The van der Waals surface area contributed by atoms with Crippen molar-refractivity contribution in [3.8, 4) is 5.75 Å². The SMILES string of the molecule is Cl.O=C(CNCC1CC1)N(Cc1ccc2c(c1)CCO2)C1CCCC1. The van der Waals surface area contributed by atoms with E-state index in [-0.39, 0.29) is 18.3 Å². The minimum absolute atomic E-state index is 0. The predicted octanol–water partition coefficient (Wildman–Crippen LogP) is 3.31. The largest absolute Gasteiger partial charge is 0.493 e. The Morgan fingerprint density at radius 1 is 1.20 bits per heavy atom. The molecule has 0 bridgehead atoms. The van der Waals surface area contributed by atoms with Crippen LogP contribution in [0, 0.1) is 5.92 Å². The minimum atomic E-state index is 0. The molecule has 2 saturated carbocycles. The summed E-state index contributed by atoms with van der Waals surface area (Å²) in [6, 6.07) is 6.84. The topological polar surface area (TPSA) is 41.6 Å². The second kappa shape index (κ2) is 8.41. The zero-order chi connectivity index (χ0) is 16.4. The first-order valence-corrected chi connectivity index (χ1v) is 9.54. The molecule has 2 fully saturated rings. The number of fused-ring (bicyclic) bond motifs is 1. The van der Waals surface area contributed by atoms with E-state index in [4.69, 9.17) is 4.74 Å². The maximum absolute atomic E-state index is 12.8. The first-order chi connectivity index (χ1) is 11.8. The van der Waals surface area contributed by atoms with Gasteiger partial charge in [0.2, 0.25) is 5.91 Å². The first kappa shape index (κ1) is 18.5. The number of rotatable bonds is 7. The third-order valence-electron chi connectivity index (χ3n) is 5.60. The minimum Gasteiger partial charge on any atom is -0.493 e. The summed E-state index contributed by atoms with van der Waals surface area (Å²) in [7, 11) is 0. The van der Waals surface area contributed by atoms with Crippen molar-refractivity contribution < 1.29 is 9.53 Å². The molecule has 4 rings (SSSR count). The lowest BCUT2D eigenvalue weighted by Crippen LogP contribution is -2.43. The Bertz CT molecular complexity index is 597. The Morgan fingerprint density at radius 2 is 2.00 bits per heavy atom. The Hall–Kier alpha value is -1.26. The molecular weight excluding hydrogens is 336 g/mol. The van der Waals surface area contributed by atoms with E-state index in [0.717, 1.165) is 50.6 Å². The Balaban J connectivity index is 0.00000182. The number of nitrogens with zero attached hydrogens (tertiary/aromatic N) is 1. The van der Waals surface area contributed by atoms with Crippen molar-refractivity contribution in [1.82, 2.24) is 10.2 Å². The van der Waals surface area contributed by atoms with Crippen LogP contribution in [0.15, 0.2) is 18.2 Å². The highest BCUT2D eigenvalue weighted by atomic mass is 35.5. The van der Waals surface area contributed by atoms with Crippen LogP contribution in [0.1, 0.15) is 49.7 Å². The van der Waals surface area contributed by atoms with Gasteiger partial charge in [0.15, 0.2) is 0 Å². The van der Waals surface area contributed by atoms with Crippen LogP contribution in [-0.2, 0) is 17.8 Å². The van der Waals surface area contributed by atoms with E-state index in [0.29, 0.717) is 12.6 Å². The van der Waals surface area contributed by atoms with Crippen molar-refractivity contribution in [2.45, 2.75) is 57.5 Å². The fourth-order valence-electron chi connectivity index (χ4n) is 3.98. The van der Waals surface area contributed by atoms with Gasteiger partial charge in [-0.2, -0.15) is 0 Å². The summed E-state index contributed by atoms with van der Waals surface area (Å²) >= 11 is 0. The molecule has 1 aromatic carbocycles. The second-order valence-electron chi connectivity index (χ2n) is 7.57. The number of benzene rings is 1. The molecule has 0 unspecified atom stereocenters. The summed E-state index contributed by atoms with van der Waals surface area (Å²) in [6.07, 6.45) is 8.45. The van der Waals surface area contributed by atoms with Crippen LogP contribution in [0.4, 0.5) is 0 Å². The number of amides is 1. The molecule has 25 heavy (non-hydrogen) atoms. The number of nitrogens with one attached hydrogen (secondary N) is 1. The van der Waals surface area contributed by atoms with E-state index in [1.807, 2.05) is 0 Å². The highest BCUT2D eigenvalue weighted by molar-refractivity contribution is 5.85. The molecule has 1 aliphatic heterocycles. The average Bonchev–Trinajstić information content (AvgIpc) is 3.08. The van der Waals surface area contributed by atoms with Crippen LogP contribution in [0.2, 0.25) is 0 Å². The van der Waals surface area contributed by atoms with Gasteiger partial charge in [0.05, 0.1) is 13.2 Å². The smallest absolute Gasteiger partial charge is 0.237 e. The lowest BCUT2D eigenvalue weighted by Gasteiger charge is -2.29. The van der Waals surface area contributed by atoms with Crippen molar-refractivity contribution in [3.63, 3.8) is 0 Å². The van der Waals surface area contributed by atoms with Crippen LogP contribution >= 0.6 is 12.4 Å². The normalized spacial score (nSPS) is 19.2. The quantitative estimate of drug-likeness (QED) is 0.807. The number of hydrogen-bond acceptors (Lipinski definition) is 3. The van der Waals surface area contributed by atoms with Crippen LogP contribution in [0.3, 0.4) is 0 Å². The lowest BCUT2D eigenvalue weighted by molar-refractivity contribution is -0.133. The van der Waals surface area contributed by atoms with Crippen LogP contribution in [-0.4, -0.2) is 36.5 Å². The van der Waals surface area contributed by atoms with E-state index in [1.54, 1.807) is 0 Å². The molecule has 0 saturated heterocycles. The number of halogens is 1. The van der Waals surface area contributed by atoms with E-state index >= 15 is 0 Å². The highest BCUT2D eigenvalue weighted by Crippen LogP contribution is 2.29. The van der Waals surface area contributed by atoms with Gasteiger partial charge < -0.3 is 15.0 Å². The molecule has 0 atom stereocenters.